The molecular formula is C15H15ClN4O. The van der Waals surface area contributed by atoms with Gasteiger partial charge in [-0.1, -0.05) is 23.7 Å². The maximum absolute atomic E-state index is 9.04. The van der Waals surface area contributed by atoms with Crippen molar-refractivity contribution in [3.8, 4) is 6.07 Å². The molecule has 0 bridgehead atoms. The number of nitrogens with one attached hydrogen (secondary N) is 1. The van der Waals surface area contributed by atoms with Gasteiger partial charge in [-0.15, -0.1) is 0 Å². The molecule has 6 heteroatoms. The van der Waals surface area contributed by atoms with Crippen LogP contribution in [0, 0.1) is 11.3 Å². The molecule has 0 saturated carbocycles. The Morgan fingerprint density at radius 2 is 1.90 bits per heavy atom. The Kier molecular flexibility index (Phi) is 5.09. The number of methoxy groups -OCH3 is 1. The van der Waals surface area contributed by atoms with E-state index in [0.29, 0.717) is 10.8 Å². The zero-order valence-corrected chi connectivity index (χ0v) is 12.5. The Morgan fingerprint density at radius 3 is 2.52 bits per heavy atom. The van der Waals surface area contributed by atoms with E-state index in [-0.39, 0.29) is 17.8 Å². The minimum atomic E-state index is -0.198. The molecule has 0 spiro atoms. The molecule has 1 aromatic carbocycles. The van der Waals surface area contributed by atoms with Gasteiger partial charge >= 0.3 is 0 Å². The number of nitriles is 1. The van der Waals surface area contributed by atoms with Gasteiger partial charge in [-0.3, -0.25) is 0 Å². The smallest absolute Gasteiger partial charge is 0.182 e. The molecule has 2 atom stereocenters. The molecule has 0 aliphatic rings. The molecule has 1 N–H and O–H groups in total. The fraction of sp³-hybridized carbons (Fsp3) is 0.267. The van der Waals surface area contributed by atoms with Crippen molar-refractivity contribution in [3.63, 3.8) is 0 Å². The predicted octanol–water partition coefficient (Wildman–Crippen LogP) is 3.19. The Morgan fingerprint density at radius 1 is 1.24 bits per heavy atom. The van der Waals surface area contributed by atoms with E-state index in [1.807, 2.05) is 37.3 Å². The van der Waals surface area contributed by atoms with Crippen LogP contribution in [0.1, 0.15) is 24.3 Å². The highest BCUT2D eigenvalue weighted by atomic mass is 35.5. The summed E-state index contributed by atoms with van der Waals surface area (Å²) >= 11 is 5.90. The normalized spacial score (nSPS) is 13.2. The van der Waals surface area contributed by atoms with Crippen molar-refractivity contribution in [2.75, 3.05) is 12.4 Å². The third-order valence-electron chi connectivity index (χ3n) is 3.08. The molecule has 0 amide bonds. The number of halogens is 1. The average molecular weight is 303 g/mol. The zero-order chi connectivity index (χ0) is 15.2. The van der Waals surface area contributed by atoms with Crippen LogP contribution in [0.2, 0.25) is 5.02 Å². The summed E-state index contributed by atoms with van der Waals surface area (Å²) in [5, 5.41) is 12.9. The van der Waals surface area contributed by atoms with Crippen molar-refractivity contribution in [3.05, 3.63) is 52.9 Å². The van der Waals surface area contributed by atoms with Gasteiger partial charge in [0.2, 0.25) is 0 Å². The van der Waals surface area contributed by atoms with E-state index in [0.717, 1.165) is 5.56 Å². The number of nitrogens with zero attached hydrogens (tertiary/aromatic N) is 3. The lowest BCUT2D eigenvalue weighted by Crippen LogP contribution is -2.26. The molecule has 2 aromatic rings. The lowest BCUT2D eigenvalue weighted by molar-refractivity contribution is 0.0906. The quantitative estimate of drug-likeness (QED) is 0.918. The lowest BCUT2D eigenvalue weighted by atomic mass is 10.0. The Hall–Kier alpha value is -2.16. The summed E-state index contributed by atoms with van der Waals surface area (Å²) in [6, 6.07) is 9.38. The van der Waals surface area contributed by atoms with Crippen LogP contribution in [-0.2, 0) is 4.74 Å². The van der Waals surface area contributed by atoms with Crippen molar-refractivity contribution >= 4 is 17.4 Å². The second-order valence-corrected chi connectivity index (χ2v) is 4.94. The summed E-state index contributed by atoms with van der Waals surface area (Å²) in [4.78, 5) is 8.12. The van der Waals surface area contributed by atoms with Gasteiger partial charge in [0.05, 0.1) is 6.04 Å². The van der Waals surface area contributed by atoms with Gasteiger partial charge in [0.1, 0.15) is 12.2 Å². The summed E-state index contributed by atoms with van der Waals surface area (Å²) in [5.41, 5.74) is 1.25. The third kappa shape index (κ3) is 3.69. The number of rotatable bonds is 5. The SMILES string of the molecule is CO[C@H](c1ccc(Cl)cc1)[C@H](C)Nc1nccnc1C#N. The van der Waals surface area contributed by atoms with Crippen LogP contribution in [0.5, 0.6) is 0 Å². The topological polar surface area (TPSA) is 70.8 Å². The standard InChI is InChI=1S/C15H15ClN4O/c1-10(20-15-13(9-17)18-7-8-19-15)14(21-2)11-3-5-12(16)6-4-11/h3-8,10,14H,1-2H3,(H,19,20)/t10-,14-/m0/s1. The van der Waals surface area contributed by atoms with Crippen LogP contribution in [0.4, 0.5) is 5.82 Å². The van der Waals surface area contributed by atoms with E-state index in [4.69, 9.17) is 21.6 Å². The summed E-state index contributed by atoms with van der Waals surface area (Å²) in [6.07, 6.45) is 2.83. The van der Waals surface area contributed by atoms with Crippen LogP contribution in [0.3, 0.4) is 0 Å². The summed E-state index contributed by atoms with van der Waals surface area (Å²) in [5.74, 6) is 0.448. The van der Waals surface area contributed by atoms with Crippen molar-refractivity contribution < 1.29 is 4.74 Å². The molecule has 0 radical (unpaired) electrons. The first-order valence-electron chi connectivity index (χ1n) is 6.41. The van der Waals surface area contributed by atoms with E-state index >= 15 is 0 Å². The maximum atomic E-state index is 9.04. The number of anilines is 1. The number of aromatic nitrogens is 2. The molecule has 1 heterocycles. The molecule has 0 aliphatic carbocycles. The first-order valence-corrected chi connectivity index (χ1v) is 6.79. The van der Waals surface area contributed by atoms with E-state index < -0.39 is 0 Å². The van der Waals surface area contributed by atoms with Crippen molar-refractivity contribution in [2.24, 2.45) is 0 Å². The monoisotopic (exact) mass is 302 g/mol. The zero-order valence-electron chi connectivity index (χ0n) is 11.7. The molecule has 108 valence electrons. The van der Waals surface area contributed by atoms with Gasteiger partial charge in [-0.05, 0) is 24.6 Å². The van der Waals surface area contributed by atoms with Gasteiger partial charge in [-0.25, -0.2) is 9.97 Å². The highest BCUT2D eigenvalue weighted by Gasteiger charge is 2.20. The van der Waals surface area contributed by atoms with Crippen LogP contribution in [0.25, 0.3) is 0 Å². The van der Waals surface area contributed by atoms with E-state index in [9.17, 15) is 0 Å². The van der Waals surface area contributed by atoms with Gasteiger partial charge in [0, 0.05) is 24.5 Å². The fourth-order valence-corrected chi connectivity index (χ4v) is 2.22. The summed E-state index contributed by atoms with van der Waals surface area (Å²) in [6.45, 7) is 1.96. The van der Waals surface area contributed by atoms with Gasteiger partial charge < -0.3 is 10.1 Å². The van der Waals surface area contributed by atoms with Gasteiger partial charge in [-0.2, -0.15) is 5.26 Å². The minimum absolute atomic E-state index is 0.0972. The van der Waals surface area contributed by atoms with E-state index in [1.165, 1.54) is 6.20 Å². The van der Waals surface area contributed by atoms with Crippen LogP contribution in [-0.4, -0.2) is 23.1 Å². The predicted molar refractivity (Wildman–Crippen MR) is 81.0 cm³/mol. The Bertz CT molecular complexity index is 639. The summed E-state index contributed by atoms with van der Waals surface area (Å²) < 4.78 is 5.55. The van der Waals surface area contributed by atoms with Gasteiger partial charge in [0.25, 0.3) is 0 Å². The Balaban J connectivity index is 2.19. The van der Waals surface area contributed by atoms with Crippen molar-refractivity contribution in [1.82, 2.24) is 9.97 Å². The third-order valence-corrected chi connectivity index (χ3v) is 3.33. The van der Waals surface area contributed by atoms with Crippen molar-refractivity contribution in [1.29, 1.82) is 5.26 Å². The molecule has 0 unspecified atom stereocenters. The van der Waals surface area contributed by atoms with E-state index in [2.05, 4.69) is 15.3 Å². The first-order chi connectivity index (χ1) is 10.2. The molecule has 2 rings (SSSR count). The highest BCUT2D eigenvalue weighted by Crippen LogP contribution is 2.24. The van der Waals surface area contributed by atoms with Crippen LogP contribution >= 0.6 is 11.6 Å². The van der Waals surface area contributed by atoms with Crippen molar-refractivity contribution in [2.45, 2.75) is 19.1 Å². The Labute approximate surface area is 128 Å². The molecular weight excluding hydrogens is 288 g/mol. The highest BCUT2D eigenvalue weighted by molar-refractivity contribution is 6.30. The number of hydrogen-bond donors (Lipinski definition) is 1. The largest absolute Gasteiger partial charge is 0.375 e. The molecule has 0 aliphatic heterocycles. The second-order valence-electron chi connectivity index (χ2n) is 4.51. The lowest BCUT2D eigenvalue weighted by Gasteiger charge is -2.24. The number of hydrogen-bond acceptors (Lipinski definition) is 5. The second kappa shape index (κ2) is 7.02. The molecule has 21 heavy (non-hydrogen) atoms. The van der Waals surface area contributed by atoms with E-state index in [1.54, 1.807) is 13.3 Å². The molecule has 5 nitrogen and oxygen atoms in total. The molecule has 0 fully saturated rings. The van der Waals surface area contributed by atoms with Crippen LogP contribution < -0.4 is 5.32 Å². The summed E-state index contributed by atoms with van der Waals surface area (Å²) in [7, 11) is 1.64. The van der Waals surface area contributed by atoms with Crippen LogP contribution in [0.15, 0.2) is 36.7 Å². The number of ether oxygens (including phenoxy) is 1. The minimum Gasteiger partial charge on any atom is -0.375 e. The molecule has 1 aromatic heterocycles. The average Bonchev–Trinajstić information content (AvgIpc) is 2.50. The number of benzene rings is 1. The van der Waals surface area contributed by atoms with Gasteiger partial charge in [0.15, 0.2) is 11.5 Å². The fourth-order valence-electron chi connectivity index (χ4n) is 2.10. The maximum Gasteiger partial charge on any atom is 0.182 e. The molecule has 0 saturated heterocycles. The first kappa shape index (κ1) is 15.2.